The van der Waals surface area contributed by atoms with Gasteiger partial charge in [0.1, 0.15) is 11.5 Å². The van der Waals surface area contributed by atoms with E-state index in [1.165, 1.54) is 19.3 Å². The zero-order chi connectivity index (χ0) is 19.3. The quantitative estimate of drug-likeness (QED) is 0.641. The molecule has 4 N–H and O–H groups in total. The molecular weight excluding hydrogens is 348 g/mol. The smallest absolute Gasteiger partial charge is 0.174 e. The van der Waals surface area contributed by atoms with E-state index in [9.17, 15) is 0 Å². The van der Waals surface area contributed by atoms with Crippen LogP contribution in [0.1, 0.15) is 51.0 Å². The van der Waals surface area contributed by atoms with Crippen LogP contribution in [-0.4, -0.2) is 34.9 Å². The number of rotatable bonds is 7. The minimum atomic E-state index is -0.0853. The fourth-order valence-electron chi connectivity index (χ4n) is 4.14. The van der Waals surface area contributed by atoms with E-state index in [4.69, 9.17) is 10.8 Å². The molecule has 1 aliphatic carbocycles. The van der Waals surface area contributed by atoms with Gasteiger partial charge >= 0.3 is 0 Å². The molecule has 0 saturated heterocycles. The minimum absolute atomic E-state index is 0.0853. The van der Waals surface area contributed by atoms with Gasteiger partial charge in [-0.15, -0.1) is 0 Å². The van der Waals surface area contributed by atoms with Crippen LogP contribution in [-0.2, 0) is 6.54 Å². The average Bonchev–Trinajstić information content (AvgIpc) is 3.08. The van der Waals surface area contributed by atoms with E-state index in [0.717, 1.165) is 55.0 Å². The molecule has 0 radical (unpaired) electrons. The van der Waals surface area contributed by atoms with Crippen LogP contribution in [0.15, 0.2) is 35.3 Å². The number of nitrogens with zero attached hydrogens (tertiary/aromatic N) is 3. The van der Waals surface area contributed by atoms with Gasteiger partial charge in [0, 0.05) is 24.4 Å². The second-order valence-electron chi connectivity index (χ2n) is 8.07. The van der Waals surface area contributed by atoms with Crippen LogP contribution < -0.4 is 16.4 Å². The van der Waals surface area contributed by atoms with Gasteiger partial charge in [0.2, 0.25) is 0 Å². The van der Waals surface area contributed by atoms with Gasteiger partial charge in [-0.1, -0.05) is 43.7 Å². The molecule has 150 valence electrons. The normalized spacial score (nSPS) is 24.0. The second-order valence-corrected chi connectivity index (χ2v) is 8.07. The molecule has 1 aromatic heterocycles. The monoisotopic (exact) mass is 380 g/mol. The number of unbranched alkanes of at least 4 members (excludes halogenated alkanes) is 1. The Kier molecular flexibility index (Phi) is 6.07. The highest BCUT2D eigenvalue weighted by molar-refractivity contribution is 5.96. The van der Waals surface area contributed by atoms with Gasteiger partial charge in [0.05, 0.1) is 5.56 Å². The van der Waals surface area contributed by atoms with Crippen molar-refractivity contribution < 1.29 is 0 Å². The summed E-state index contributed by atoms with van der Waals surface area (Å²) in [6.07, 6.45) is 8.83. The Morgan fingerprint density at radius 2 is 1.96 bits per heavy atom. The molecule has 1 unspecified atom stereocenters. The summed E-state index contributed by atoms with van der Waals surface area (Å²) in [5.41, 5.74) is 9.33. The average molecular weight is 381 g/mol. The third-order valence-corrected chi connectivity index (χ3v) is 5.85. The van der Waals surface area contributed by atoms with Crippen LogP contribution in [0, 0.1) is 5.92 Å². The molecule has 2 heterocycles. The molecule has 6 nitrogen and oxygen atoms in total. The number of anilines is 1. The number of hydrogen-bond acceptors (Lipinski definition) is 5. The Labute approximate surface area is 167 Å². The Morgan fingerprint density at radius 3 is 2.71 bits per heavy atom. The van der Waals surface area contributed by atoms with Crippen molar-refractivity contribution in [1.29, 1.82) is 0 Å². The second kappa shape index (κ2) is 8.88. The third kappa shape index (κ3) is 4.28. The van der Waals surface area contributed by atoms with Gasteiger partial charge in [-0.25, -0.2) is 4.68 Å². The molecule has 1 fully saturated rings. The minimum Gasteiger partial charge on any atom is -0.336 e. The van der Waals surface area contributed by atoms with E-state index in [2.05, 4.69) is 51.5 Å². The van der Waals surface area contributed by atoms with Crippen LogP contribution in [0.25, 0.3) is 11.3 Å². The summed E-state index contributed by atoms with van der Waals surface area (Å²) in [7, 11) is 0. The molecule has 2 aromatic rings. The first-order valence-electron chi connectivity index (χ1n) is 10.7. The first-order chi connectivity index (χ1) is 13.7. The predicted molar refractivity (Wildman–Crippen MR) is 116 cm³/mol. The lowest BCUT2D eigenvalue weighted by molar-refractivity contribution is 0.287. The van der Waals surface area contributed by atoms with Crippen LogP contribution in [0.4, 0.5) is 5.82 Å². The van der Waals surface area contributed by atoms with Gasteiger partial charge in [0.15, 0.2) is 6.29 Å². The van der Waals surface area contributed by atoms with Crippen LogP contribution >= 0.6 is 0 Å². The topological polar surface area (TPSA) is 80.3 Å². The van der Waals surface area contributed by atoms with Gasteiger partial charge < -0.3 is 11.1 Å². The van der Waals surface area contributed by atoms with Crippen molar-refractivity contribution >= 4 is 12.0 Å². The van der Waals surface area contributed by atoms with Gasteiger partial charge in [-0.3, -0.25) is 10.3 Å². The Hall–Kier alpha value is -2.18. The van der Waals surface area contributed by atoms with Crippen molar-refractivity contribution in [3.8, 4) is 11.3 Å². The summed E-state index contributed by atoms with van der Waals surface area (Å²) in [4.78, 5) is 4.68. The number of nitrogens with one attached hydrogen (secondary N) is 2. The van der Waals surface area contributed by atoms with Crippen molar-refractivity contribution in [2.75, 3.05) is 11.9 Å². The van der Waals surface area contributed by atoms with E-state index >= 15 is 0 Å². The molecule has 0 amide bonds. The van der Waals surface area contributed by atoms with Crippen molar-refractivity contribution in [1.82, 2.24) is 15.1 Å². The first kappa shape index (κ1) is 19.2. The molecule has 1 saturated carbocycles. The van der Waals surface area contributed by atoms with Gasteiger partial charge in [-0.2, -0.15) is 5.10 Å². The van der Waals surface area contributed by atoms with Gasteiger partial charge in [0.25, 0.3) is 0 Å². The van der Waals surface area contributed by atoms with Crippen molar-refractivity contribution in [3.63, 3.8) is 0 Å². The summed E-state index contributed by atoms with van der Waals surface area (Å²) < 4.78 is 2.17. The summed E-state index contributed by atoms with van der Waals surface area (Å²) in [6, 6.07) is 10.8. The van der Waals surface area contributed by atoms with Crippen molar-refractivity contribution in [2.24, 2.45) is 16.6 Å². The molecule has 0 bridgehead atoms. The van der Waals surface area contributed by atoms with Crippen molar-refractivity contribution in [2.45, 2.75) is 64.3 Å². The molecule has 0 spiro atoms. The molecule has 28 heavy (non-hydrogen) atoms. The number of hydrogen-bond donors (Lipinski definition) is 3. The number of nitrogens with two attached hydrogens (primary N) is 1. The Balaban J connectivity index is 1.59. The molecule has 2 aliphatic rings. The van der Waals surface area contributed by atoms with E-state index < -0.39 is 0 Å². The lowest BCUT2D eigenvalue weighted by atomic mass is 9.86. The zero-order valence-electron chi connectivity index (χ0n) is 16.8. The highest BCUT2D eigenvalue weighted by Crippen LogP contribution is 2.32. The molecule has 4 rings (SSSR count). The molecule has 1 aromatic carbocycles. The van der Waals surface area contributed by atoms with E-state index in [-0.39, 0.29) is 6.29 Å². The summed E-state index contributed by atoms with van der Waals surface area (Å²) in [5.74, 6) is 1.72. The van der Waals surface area contributed by atoms with Crippen molar-refractivity contribution in [3.05, 3.63) is 35.9 Å². The fraction of sp³-hybridized carbons (Fsp3) is 0.545. The summed E-state index contributed by atoms with van der Waals surface area (Å²) >= 11 is 0. The standard InChI is InChI=1S/C22H32N6/c1-2-3-13-24-22-25-14-19-20(17-7-5-4-6-8-17)27-28(21(19)26-22)15-16-9-11-18(23)12-10-16/h4-8,14,16,18,22,24,26H,2-3,9-13,15,23H2,1H3. The molecular formula is C22H32N6. The number of aliphatic imine (C=N–C) groups is 1. The van der Waals surface area contributed by atoms with Gasteiger partial charge in [-0.05, 0) is 44.6 Å². The van der Waals surface area contributed by atoms with E-state index in [1.807, 2.05) is 12.3 Å². The first-order valence-corrected chi connectivity index (χ1v) is 10.7. The van der Waals surface area contributed by atoms with Crippen LogP contribution in [0.2, 0.25) is 0 Å². The summed E-state index contributed by atoms with van der Waals surface area (Å²) in [6.45, 7) is 4.10. The molecule has 1 atom stereocenters. The number of fused-ring (bicyclic) bond motifs is 1. The van der Waals surface area contributed by atoms with Crippen LogP contribution in [0.5, 0.6) is 0 Å². The predicted octanol–water partition coefficient (Wildman–Crippen LogP) is 3.59. The Bertz CT molecular complexity index is 789. The summed E-state index contributed by atoms with van der Waals surface area (Å²) in [5, 5.41) is 12.1. The Morgan fingerprint density at radius 1 is 1.18 bits per heavy atom. The maximum Gasteiger partial charge on any atom is 0.174 e. The SMILES string of the molecule is CCCCNC1N=Cc2c(-c3ccccc3)nn(CC3CCC(N)CC3)c2N1. The molecule has 6 heteroatoms. The lowest BCUT2D eigenvalue weighted by Gasteiger charge is -2.27. The van der Waals surface area contributed by atoms with Crippen LogP contribution in [0.3, 0.4) is 0 Å². The lowest BCUT2D eigenvalue weighted by Crippen LogP contribution is -2.38. The fourth-order valence-corrected chi connectivity index (χ4v) is 4.14. The van der Waals surface area contributed by atoms with E-state index in [0.29, 0.717) is 12.0 Å². The highest BCUT2D eigenvalue weighted by atomic mass is 15.4. The maximum atomic E-state index is 6.10. The maximum absolute atomic E-state index is 6.10. The molecule has 1 aliphatic heterocycles. The highest BCUT2D eigenvalue weighted by Gasteiger charge is 2.26. The number of benzene rings is 1. The number of aromatic nitrogens is 2. The van der Waals surface area contributed by atoms with E-state index in [1.54, 1.807) is 0 Å². The third-order valence-electron chi connectivity index (χ3n) is 5.85. The largest absolute Gasteiger partial charge is 0.336 e. The zero-order valence-corrected chi connectivity index (χ0v) is 16.8.